The van der Waals surface area contributed by atoms with Gasteiger partial charge in [-0.25, -0.2) is 8.78 Å². The lowest BCUT2D eigenvalue weighted by Crippen LogP contribution is -2.69. The number of aliphatic hydroxyl groups excluding tert-OH is 2. The van der Waals surface area contributed by atoms with Gasteiger partial charge in [-0.2, -0.15) is 0 Å². The molecule has 3 aliphatic heterocycles. The topological polar surface area (TPSA) is 96.4 Å². The van der Waals surface area contributed by atoms with Crippen LogP contribution in [-0.4, -0.2) is 74.7 Å². The van der Waals surface area contributed by atoms with Gasteiger partial charge in [-0.1, -0.05) is 26.3 Å². The van der Waals surface area contributed by atoms with Gasteiger partial charge in [-0.3, -0.25) is 14.5 Å². The maximum absolute atomic E-state index is 14.0. The molecule has 4 atom stereocenters. The molecule has 3 N–H and O–H groups in total. The van der Waals surface area contributed by atoms with E-state index < -0.39 is 29.4 Å². The van der Waals surface area contributed by atoms with Gasteiger partial charge in [0.05, 0.1) is 12.1 Å². The van der Waals surface area contributed by atoms with Crippen molar-refractivity contribution >= 4 is 11.8 Å². The zero-order valence-electron chi connectivity index (χ0n) is 20.5. The van der Waals surface area contributed by atoms with Crippen molar-refractivity contribution in [2.24, 2.45) is 11.8 Å². The molecule has 0 bridgehead atoms. The fraction of sp³-hybridized carbons (Fsp3) is 0.538. The predicted octanol–water partition coefficient (Wildman–Crippen LogP) is 2.22. The van der Waals surface area contributed by atoms with Crippen LogP contribution >= 0.6 is 0 Å². The molecule has 36 heavy (non-hydrogen) atoms. The van der Waals surface area contributed by atoms with Gasteiger partial charge in [-0.05, 0) is 30.7 Å². The summed E-state index contributed by atoms with van der Waals surface area (Å²) in [6.07, 6.45) is 2.54. The molecule has 2 amide bonds. The van der Waals surface area contributed by atoms with E-state index >= 15 is 0 Å². The van der Waals surface area contributed by atoms with Crippen LogP contribution in [0.2, 0.25) is 0 Å². The van der Waals surface area contributed by atoms with Crippen molar-refractivity contribution in [1.29, 1.82) is 0 Å². The van der Waals surface area contributed by atoms with E-state index in [0.29, 0.717) is 18.4 Å². The van der Waals surface area contributed by atoms with Crippen LogP contribution < -0.4 is 5.32 Å². The Hall–Kier alpha value is -2.98. The quantitative estimate of drug-likeness (QED) is 0.572. The fourth-order valence-electron chi connectivity index (χ4n) is 6.10. The van der Waals surface area contributed by atoms with Gasteiger partial charge in [0.1, 0.15) is 29.6 Å². The van der Waals surface area contributed by atoms with Gasteiger partial charge < -0.3 is 25.3 Å². The average molecular weight is 503 g/mol. The van der Waals surface area contributed by atoms with Crippen LogP contribution in [0, 0.1) is 23.5 Å². The second kappa shape index (κ2) is 9.48. The first-order valence-electron chi connectivity index (χ1n) is 12.5. The monoisotopic (exact) mass is 502 g/mol. The summed E-state index contributed by atoms with van der Waals surface area (Å²) >= 11 is 0. The molecule has 1 aromatic carbocycles. The van der Waals surface area contributed by atoms with Crippen LogP contribution in [0.4, 0.5) is 8.78 Å². The molecular formula is C26H32F2N4O4. The minimum absolute atomic E-state index is 0.00285. The van der Waals surface area contributed by atoms with E-state index in [4.69, 9.17) is 0 Å². The summed E-state index contributed by atoms with van der Waals surface area (Å²) in [5.41, 5.74) is -0.0700. The molecule has 8 nitrogen and oxygen atoms in total. The molecular weight excluding hydrogens is 470 g/mol. The second-order valence-corrected chi connectivity index (χ2v) is 10.6. The Morgan fingerprint density at radius 1 is 1.22 bits per heavy atom. The second-order valence-electron chi connectivity index (χ2n) is 10.6. The highest BCUT2D eigenvalue weighted by Gasteiger charge is 2.52. The summed E-state index contributed by atoms with van der Waals surface area (Å²) in [5.74, 6) is -2.35. The van der Waals surface area contributed by atoms with Crippen molar-refractivity contribution in [3.63, 3.8) is 0 Å². The molecule has 0 spiro atoms. The lowest BCUT2D eigenvalue weighted by molar-refractivity contribution is -0.155. The Balaban J connectivity index is 1.40. The van der Waals surface area contributed by atoms with Crippen LogP contribution in [0.5, 0.6) is 0 Å². The van der Waals surface area contributed by atoms with Gasteiger partial charge in [0.25, 0.3) is 11.8 Å². The van der Waals surface area contributed by atoms with Gasteiger partial charge in [0, 0.05) is 43.5 Å². The number of amides is 2. The van der Waals surface area contributed by atoms with Crippen molar-refractivity contribution in [1.82, 2.24) is 20.0 Å². The number of carbonyl (C=O) groups is 2. The van der Waals surface area contributed by atoms with Crippen molar-refractivity contribution in [3.05, 3.63) is 58.6 Å². The number of carbonyl (C=O) groups excluding carboxylic acids is 2. The lowest BCUT2D eigenvalue weighted by Gasteiger charge is -2.55. The largest absolute Gasteiger partial charge is 0.507 e. The van der Waals surface area contributed by atoms with Gasteiger partial charge >= 0.3 is 0 Å². The summed E-state index contributed by atoms with van der Waals surface area (Å²) in [5, 5.41) is 24.1. The standard InChI is InChI=1S/C26H32F2N4O4/c1-14(2)10-30-11-16-4-3-5-20(16)32-21(30)13-31-12-18(23(33)24(34)22(31)26(32)36)25(35)29-9-15-6-7-17(27)8-19(15)28/h6-8,12,14,16,20-21,23,33-34H,3-5,9-11,13H2,1-2H3,(H,29,35)/t16?,20-,21-,23?/m0/s1. The zero-order chi connectivity index (χ0) is 25.7. The van der Waals surface area contributed by atoms with E-state index in [-0.39, 0.29) is 41.5 Å². The SMILES string of the molecule is CC(C)CN1CC2CCC[C@@H]2N2C(=O)C3=C(O)C(O)C(C(=O)NCc4ccc(F)cc4F)=CN3C[C@@H]12. The van der Waals surface area contributed by atoms with Gasteiger partial charge in [-0.15, -0.1) is 0 Å². The number of rotatable bonds is 5. The first-order valence-corrected chi connectivity index (χ1v) is 12.5. The number of halogens is 2. The molecule has 4 aliphatic rings. The fourth-order valence-corrected chi connectivity index (χ4v) is 6.10. The van der Waals surface area contributed by atoms with Gasteiger partial charge in [0.15, 0.2) is 5.76 Å². The Morgan fingerprint density at radius 3 is 2.72 bits per heavy atom. The average Bonchev–Trinajstić information content (AvgIpc) is 3.28. The summed E-state index contributed by atoms with van der Waals surface area (Å²) in [4.78, 5) is 32.4. The predicted molar refractivity (Wildman–Crippen MR) is 127 cm³/mol. The maximum atomic E-state index is 14.0. The Kier molecular flexibility index (Phi) is 6.50. The van der Waals surface area contributed by atoms with E-state index in [2.05, 4.69) is 24.1 Å². The summed E-state index contributed by atoms with van der Waals surface area (Å²) in [7, 11) is 0. The molecule has 5 rings (SSSR count). The molecule has 1 saturated carbocycles. The number of hydrogen-bond donors (Lipinski definition) is 3. The van der Waals surface area contributed by atoms with E-state index in [1.165, 1.54) is 12.3 Å². The molecule has 0 aromatic heterocycles. The Labute approximate surface area is 208 Å². The smallest absolute Gasteiger partial charge is 0.275 e. The van der Waals surface area contributed by atoms with Crippen LogP contribution in [0.3, 0.4) is 0 Å². The zero-order valence-corrected chi connectivity index (χ0v) is 20.5. The minimum atomic E-state index is -1.69. The first-order chi connectivity index (χ1) is 17.2. The Morgan fingerprint density at radius 2 is 2.00 bits per heavy atom. The van der Waals surface area contributed by atoms with E-state index in [1.54, 1.807) is 4.90 Å². The molecule has 2 unspecified atom stereocenters. The number of piperazine rings is 1. The first kappa shape index (κ1) is 24.7. The van der Waals surface area contributed by atoms with Crippen molar-refractivity contribution in [2.75, 3.05) is 19.6 Å². The number of aliphatic hydroxyl groups is 2. The van der Waals surface area contributed by atoms with Crippen molar-refractivity contribution in [3.8, 4) is 0 Å². The van der Waals surface area contributed by atoms with Crippen molar-refractivity contribution < 1.29 is 28.6 Å². The molecule has 10 heteroatoms. The normalized spacial score (nSPS) is 28.2. The summed E-state index contributed by atoms with van der Waals surface area (Å²) in [6, 6.07) is 3.15. The molecule has 1 aromatic rings. The number of benzene rings is 1. The Bertz CT molecular complexity index is 1140. The third kappa shape index (κ3) is 4.26. The molecule has 0 radical (unpaired) electrons. The van der Waals surface area contributed by atoms with E-state index in [0.717, 1.165) is 44.5 Å². The number of nitrogens with one attached hydrogen (secondary N) is 1. The molecule has 194 valence electrons. The lowest BCUT2D eigenvalue weighted by atomic mass is 9.91. The van der Waals surface area contributed by atoms with Gasteiger partial charge in [0.2, 0.25) is 0 Å². The van der Waals surface area contributed by atoms with Crippen LogP contribution in [0.15, 0.2) is 41.4 Å². The molecule has 3 fully saturated rings. The highest BCUT2D eigenvalue weighted by molar-refractivity contribution is 5.99. The molecule has 2 saturated heterocycles. The number of hydrogen-bond acceptors (Lipinski definition) is 6. The maximum Gasteiger partial charge on any atom is 0.275 e. The third-order valence-electron chi connectivity index (χ3n) is 7.68. The highest BCUT2D eigenvalue weighted by Crippen LogP contribution is 2.42. The molecule has 1 aliphatic carbocycles. The van der Waals surface area contributed by atoms with Crippen LogP contribution in [0.25, 0.3) is 0 Å². The summed E-state index contributed by atoms with van der Waals surface area (Å²) < 4.78 is 27.1. The van der Waals surface area contributed by atoms with Crippen LogP contribution in [0.1, 0.15) is 38.7 Å². The summed E-state index contributed by atoms with van der Waals surface area (Å²) in [6.45, 7) is 6.12. The number of fused-ring (bicyclic) bond motifs is 4. The minimum Gasteiger partial charge on any atom is -0.507 e. The van der Waals surface area contributed by atoms with Crippen LogP contribution in [-0.2, 0) is 16.1 Å². The van der Waals surface area contributed by atoms with E-state index in [9.17, 15) is 28.6 Å². The van der Waals surface area contributed by atoms with Crippen molar-refractivity contribution in [2.45, 2.75) is 58.0 Å². The number of nitrogens with zero attached hydrogens (tertiary/aromatic N) is 3. The molecule has 3 heterocycles. The highest BCUT2D eigenvalue weighted by atomic mass is 19.1. The van der Waals surface area contributed by atoms with E-state index in [1.807, 2.05) is 4.90 Å². The third-order valence-corrected chi connectivity index (χ3v) is 7.68.